The predicted molar refractivity (Wildman–Crippen MR) is 118 cm³/mol. The zero-order valence-corrected chi connectivity index (χ0v) is 17.9. The Hall–Kier alpha value is -4.33. The minimum Gasteiger partial charge on any atom is -0.496 e. The largest absolute Gasteiger partial charge is 0.496 e. The minimum atomic E-state index is -0.745. The first-order valence-electron chi connectivity index (χ1n) is 10.4. The van der Waals surface area contributed by atoms with Crippen LogP contribution < -0.4 is 20.5 Å². The summed E-state index contributed by atoms with van der Waals surface area (Å²) in [4.78, 5) is 19.1. The number of carbonyl (C=O) groups excluding carboxylic acids is 1. The average Bonchev–Trinajstić information content (AvgIpc) is 3.28. The number of aromatic amines is 1. The molecule has 0 aliphatic heterocycles. The molecule has 3 aromatic rings. The van der Waals surface area contributed by atoms with Crippen molar-refractivity contribution in [3.05, 3.63) is 42.4 Å². The number of nitrogens with two attached hydrogens (primary N) is 1. The summed E-state index contributed by atoms with van der Waals surface area (Å²) in [6, 6.07) is 9.32. The second kappa shape index (κ2) is 9.86. The van der Waals surface area contributed by atoms with Crippen LogP contribution in [0.25, 0.3) is 11.3 Å². The zero-order chi connectivity index (χ0) is 23.2. The average molecular weight is 449 g/mol. The molecule has 0 saturated heterocycles. The first-order chi connectivity index (χ1) is 16.1. The van der Waals surface area contributed by atoms with Crippen molar-refractivity contribution < 1.29 is 19.0 Å². The molecule has 0 unspecified atom stereocenters. The number of aromatic nitrogens is 4. The number of nitrogens with zero attached hydrogens (tertiary/aromatic N) is 4. The van der Waals surface area contributed by atoms with Gasteiger partial charge in [-0.1, -0.05) is 6.07 Å². The molecule has 4 N–H and O–H groups in total. The van der Waals surface area contributed by atoms with Gasteiger partial charge in [0.1, 0.15) is 29.5 Å². The van der Waals surface area contributed by atoms with Crippen molar-refractivity contribution in [3.8, 4) is 28.8 Å². The molecule has 1 aliphatic carbocycles. The van der Waals surface area contributed by atoms with Crippen LogP contribution in [0.5, 0.6) is 11.5 Å². The summed E-state index contributed by atoms with van der Waals surface area (Å²) in [7, 11) is 1.59. The molecule has 170 valence electrons. The van der Waals surface area contributed by atoms with E-state index in [0.29, 0.717) is 41.7 Å². The van der Waals surface area contributed by atoms with Crippen LogP contribution in [0, 0.1) is 11.3 Å². The van der Waals surface area contributed by atoms with Crippen molar-refractivity contribution >= 4 is 17.7 Å². The van der Waals surface area contributed by atoms with Crippen LogP contribution in [0.1, 0.15) is 31.4 Å². The summed E-state index contributed by atoms with van der Waals surface area (Å²) in [5.74, 6) is 2.26. The van der Waals surface area contributed by atoms with E-state index in [1.165, 1.54) is 12.4 Å². The number of hydrogen-bond acceptors (Lipinski definition) is 9. The molecule has 11 heteroatoms. The van der Waals surface area contributed by atoms with Crippen LogP contribution in [0.4, 0.5) is 16.4 Å². The van der Waals surface area contributed by atoms with Gasteiger partial charge in [0.15, 0.2) is 11.5 Å². The first kappa shape index (κ1) is 21.9. The fraction of sp³-hybridized carbons (Fsp3) is 0.318. The molecule has 0 radical (unpaired) electrons. The third kappa shape index (κ3) is 5.30. The van der Waals surface area contributed by atoms with Gasteiger partial charge in [0, 0.05) is 6.07 Å². The van der Waals surface area contributed by atoms with E-state index in [1.54, 1.807) is 7.11 Å². The smallest absolute Gasteiger partial charge is 0.404 e. The van der Waals surface area contributed by atoms with Crippen molar-refractivity contribution in [2.75, 3.05) is 12.4 Å². The van der Waals surface area contributed by atoms with Gasteiger partial charge in [0.2, 0.25) is 0 Å². The highest BCUT2D eigenvalue weighted by Gasteiger charge is 2.26. The van der Waals surface area contributed by atoms with Gasteiger partial charge in [-0.3, -0.25) is 5.10 Å². The highest BCUT2D eigenvalue weighted by atomic mass is 16.6. The maximum atomic E-state index is 11.0. The summed E-state index contributed by atoms with van der Waals surface area (Å²) in [5.41, 5.74) is 6.78. The van der Waals surface area contributed by atoms with E-state index in [2.05, 4.69) is 25.5 Å². The summed E-state index contributed by atoms with van der Waals surface area (Å²) in [6.45, 7) is 0. The highest BCUT2D eigenvalue weighted by molar-refractivity contribution is 5.76. The van der Waals surface area contributed by atoms with Gasteiger partial charge in [0.25, 0.3) is 0 Å². The molecule has 2 aromatic heterocycles. The van der Waals surface area contributed by atoms with E-state index in [0.717, 1.165) is 18.4 Å². The van der Waals surface area contributed by atoms with Gasteiger partial charge >= 0.3 is 6.09 Å². The topological polar surface area (TPSA) is 161 Å². The van der Waals surface area contributed by atoms with Gasteiger partial charge < -0.3 is 25.3 Å². The first-order valence-corrected chi connectivity index (χ1v) is 10.4. The van der Waals surface area contributed by atoms with Gasteiger partial charge in [-0.15, -0.1) is 0 Å². The third-order valence-electron chi connectivity index (χ3n) is 5.28. The van der Waals surface area contributed by atoms with Crippen molar-refractivity contribution in [1.82, 2.24) is 20.2 Å². The number of nitrogens with one attached hydrogen (secondary N) is 2. The Morgan fingerprint density at radius 3 is 2.58 bits per heavy atom. The molecule has 0 spiro atoms. The summed E-state index contributed by atoms with van der Waals surface area (Å²) in [6.07, 6.45) is 4.76. The molecule has 33 heavy (non-hydrogen) atoms. The maximum absolute atomic E-state index is 11.0. The van der Waals surface area contributed by atoms with Crippen LogP contribution in [0.3, 0.4) is 0 Å². The van der Waals surface area contributed by atoms with Gasteiger partial charge in [-0.05, 0) is 37.8 Å². The molecule has 1 aliphatic rings. The lowest BCUT2D eigenvalue weighted by atomic mass is 9.95. The lowest BCUT2D eigenvalue weighted by Gasteiger charge is -2.29. The minimum absolute atomic E-state index is 0.0296. The number of nitriles is 1. The van der Waals surface area contributed by atoms with Crippen LogP contribution in [0.2, 0.25) is 0 Å². The number of carbonyl (C=O) groups is 1. The quantitative estimate of drug-likeness (QED) is 0.491. The Balaban J connectivity index is 1.51. The lowest BCUT2D eigenvalue weighted by molar-refractivity contribution is 0.0471. The highest BCUT2D eigenvalue weighted by Crippen LogP contribution is 2.40. The molecule has 1 fully saturated rings. The molecular weight excluding hydrogens is 426 g/mol. The van der Waals surface area contributed by atoms with Gasteiger partial charge in [-0.25, -0.2) is 14.8 Å². The number of amides is 1. The number of rotatable bonds is 7. The molecular formula is C22H23N7O4. The summed E-state index contributed by atoms with van der Waals surface area (Å²) >= 11 is 0. The van der Waals surface area contributed by atoms with Crippen LogP contribution >= 0.6 is 0 Å². The fourth-order valence-electron chi connectivity index (χ4n) is 3.75. The number of benzene rings is 1. The Morgan fingerprint density at radius 1 is 1.15 bits per heavy atom. The monoisotopic (exact) mass is 449 g/mol. The standard InChI is InChI=1S/C22H23N7O4/c1-31-17-3-2-4-18(32-14-5-7-15(8-6-14)33-22(24)30)21(17)16-9-19(29-28-16)27-20-12-25-13(10-23)11-26-20/h2-4,9,11-12,14-15H,5-8H2,1H3,(H2,24,30)(H2,26,27,28,29)/t14-,15-. The lowest BCUT2D eigenvalue weighted by Crippen LogP contribution is -2.31. The number of H-pyrrole nitrogens is 1. The predicted octanol–water partition coefficient (Wildman–Crippen LogP) is 3.28. The molecule has 0 atom stereocenters. The van der Waals surface area contributed by atoms with Crippen molar-refractivity contribution in [2.24, 2.45) is 5.73 Å². The van der Waals surface area contributed by atoms with Gasteiger partial charge in [0.05, 0.1) is 36.9 Å². The molecule has 1 amide bonds. The van der Waals surface area contributed by atoms with E-state index in [-0.39, 0.29) is 17.9 Å². The van der Waals surface area contributed by atoms with Gasteiger partial charge in [-0.2, -0.15) is 10.4 Å². The molecule has 2 heterocycles. The second-order valence-electron chi connectivity index (χ2n) is 7.48. The Labute approximate surface area is 189 Å². The number of primary amides is 1. The number of anilines is 2. The molecule has 0 bridgehead atoms. The van der Waals surface area contributed by atoms with E-state index in [9.17, 15) is 4.79 Å². The Morgan fingerprint density at radius 2 is 1.91 bits per heavy atom. The zero-order valence-electron chi connectivity index (χ0n) is 17.9. The molecule has 11 nitrogen and oxygen atoms in total. The van der Waals surface area contributed by atoms with Crippen LogP contribution in [0.15, 0.2) is 36.7 Å². The number of ether oxygens (including phenoxy) is 3. The summed E-state index contributed by atoms with van der Waals surface area (Å²) in [5, 5.41) is 19.2. The summed E-state index contributed by atoms with van der Waals surface area (Å²) < 4.78 is 17.0. The normalized spacial score (nSPS) is 17.6. The van der Waals surface area contributed by atoms with E-state index >= 15 is 0 Å². The number of hydrogen-bond donors (Lipinski definition) is 3. The second-order valence-corrected chi connectivity index (χ2v) is 7.48. The van der Waals surface area contributed by atoms with E-state index in [1.807, 2.05) is 30.3 Å². The molecule has 4 rings (SSSR count). The van der Waals surface area contributed by atoms with E-state index in [4.69, 9.17) is 25.2 Å². The molecule has 1 aromatic carbocycles. The van der Waals surface area contributed by atoms with Crippen molar-refractivity contribution in [1.29, 1.82) is 5.26 Å². The van der Waals surface area contributed by atoms with Crippen molar-refractivity contribution in [2.45, 2.75) is 37.9 Å². The third-order valence-corrected chi connectivity index (χ3v) is 5.28. The van der Waals surface area contributed by atoms with Crippen LogP contribution in [-0.2, 0) is 4.74 Å². The Kier molecular flexibility index (Phi) is 6.54. The fourth-order valence-corrected chi connectivity index (χ4v) is 3.75. The SMILES string of the molecule is COc1cccc(O[C@H]2CC[C@H](OC(N)=O)CC2)c1-c1cc(Nc2cnc(C#N)cn2)n[nH]1. The van der Waals surface area contributed by atoms with Crippen molar-refractivity contribution in [3.63, 3.8) is 0 Å². The van der Waals surface area contributed by atoms with Crippen LogP contribution in [-0.4, -0.2) is 45.6 Å². The molecule has 1 saturated carbocycles. The van der Waals surface area contributed by atoms with E-state index < -0.39 is 6.09 Å². The maximum Gasteiger partial charge on any atom is 0.404 e. The Bertz CT molecular complexity index is 1150. The number of methoxy groups -OCH3 is 1.